The molecule has 0 fully saturated rings. The Kier molecular flexibility index (Phi) is 4.00. The second kappa shape index (κ2) is 5.71. The van der Waals surface area contributed by atoms with E-state index in [0.29, 0.717) is 22.1 Å². The number of methoxy groups -OCH3 is 1. The van der Waals surface area contributed by atoms with Crippen LogP contribution in [-0.2, 0) is 0 Å². The Hall–Kier alpha value is -2.40. The molecule has 2 aromatic rings. The third-order valence-electron chi connectivity index (χ3n) is 2.72. The maximum atomic E-state index is 10.9. The van der Waals surface area contributed by atoms with E-state index in [1.807, 2.05) is 0 Å². The van der Waals surface area contributed by atoms with Crippen LogP contribution in [0.5, 0.6) is 5.75 Å². The first kappa shape index (κ1) is 14.0. The molecule has 2 aromatic carbocycles. The number of nitrogens with one attached hydrogen (secondary N) is 1. The number of aromatic carboxylic acids is 1. The van der Waals surface area contributed by atoms with Crippen molar-refractivity contribution in [1.82, 2.24) is 0 Å². The van der Waals surface area contributed by atoms with Gasteiger partial charge in [0, 0.05) is 16.4 Å². The zero-order valence-corrected chi connectivity index (χ0v) is 11.4. The lowest BCUT2D eigenvalue weighted by molar-refractivity contribution is 0.0698. The standard InChI is InChI=1S/C14H13ClN2O3/c1-20-13-5-2-8(15)6-12(13)17-9-3-4-10(14(18)19)11(16)7-9/h2-7,17H,16H2,1H3,(H,18,19). The van der Waals surface area contributed by atoms with Crippen LogP contribution >= 0.6 is 11.6 Å². The summed E-state index contributed by atoms with van der Waals surface area (Å²) in [5.74, 6) is -0.440. The first-order valence-electron chi connectivity index (χ1n) is 5.74. The minimum atomic E-state index is -1.06. The Balaban J connectivity index is 2.33. The highest BCUT2D eigenvalue weighted by molar-refractivity contribution is 6.31. The third kappa shape index (κ3) is 2.95. The number of nitrogen functional groups attached to an aromatic ring is 1. The van der Waals surface area contributed by atoms with E-state index in [4.69, 9.17) is 27.2 Å². The molecule has 5 nitrogen and oxygen atoms in total. The molecule has 2 rings (SSSR count). The smallest absolute Gasteiger partial charge is 0.337 e. The Bertz CT molecular complexity index is 659. The van der Waals surface area contributed by atoms with Crippen LogP contribution < -0.4 is 15.8 Å². The maximum Gasteiger partial charge on any atom is 0.337 e. The zero-order chi connectivity index (χ0) is 14.7. The van der Waals surface area contributed by atoms with Crippen LogP contribution in [0.2, 0.25) is 5.02 Å². The molecule has 0 heterocycles. The summed E-state index contributed by atoms with van der Waals surface area (Å²) in [4.78, 5) is 10.9. The van der Waals surface area contributed by atoms with Gasteiger partial charge in [0.15, 0.2) is 0 Å². The first-order chi connectivity index (χ1) is 9.51. The van der Waals surface area contributed by atoms with Crippen molar-refractivity contribution in [3.05, 3.63) is 47.0 Å². The van der Waals surface area contributed by atoms with E-state index in [2.05, 4.69) is 5.32 Å². The SMILES string of the molecule is COc1ccc(Cl)cc1Nc1ccc(C(=O)O)c(N)c1. The van der Waals surface area contributed by atoms with E-state index in [1.54, 1.807) is 37.4 Å². The number of ether oxygens (including phenoxy) is 1. The average molecular weight is 293 g/mol. The van der Waals surface area contributed by atoms with Gasteiger partial charge in [0.1, 0.15) is 5.75 Å². The molecule has 0 aromatic heterocycles. The van der Waals surface area contributed by atoms with Crippen molar-refractivity contribution < 1.29 is 14.6 Å². The zero-order valence-electron chi connectivity index (χ0n) is 10.7. The van der Waals surface area contributed by atoms with Crippen molar-refractivity contribution >= 4 is 34.6 Å². The molecule has 0 aliphatic heterocycles. The van der Waals surface area contributed by atoms with Gasteiger partial charge < -0.3 is 20.9 Å². The largest absolute Gasteiger partial charge is 0.495 e. The average Bonchev–Trinajstić information content (AvgIpc) is 2.38. The summed E-state index contributed by atoms with van der Waals surface area (Å²) in [7, 11) is 1.55. The highest BCUT2D eigenvalue weighted by Gasteiger charge is 2.09. The van der Waals surface area contributed by atoms with Gasteiger partial charge in [-0.05, 0) is 36.4 Å². The second-order valence-electron chi connectivity index (χ2n) is 4.08. The predicted octanol–water partition coefficient (Wildman–Crippen LogP) is 3.37. The summed E-state index contributed by atoms with van der Waals surface area (Å²) in [6, 6.07) is 9.77. The van der Waals surface area contributed by atoms with Gasteiger partial charge in [-0.2, -0.15) is 0 Å². The van der Waals surface area contributed by atoms with E-state index in [-0.39, 0.29) is 11.3 Å². The molecule has 6 heteroatoms. The van der Waals surface area contributed by atoms with E-state index >= 15 is 0 Å². The fourth-order valence-corrected chi connectivity index (χ4v) is 1.94. The summed E-state index contributed by atoms with van der Waals surface area (Å²) >= 11 is 5.94. The number of carbonyl (C=O) groups is 1. The number of benzene rings is 2. The number of nitrogens with two attached hydrogens (primary N) is 1. The lowest BCUT2D eigenvalue weighted by Crippen LogP contribution is -2.03. The Morgan fingerprint density at radius 2 is 2.05 bits per heavy atom. The molecular formula is C14H13ClN2O3. The van der Waals surface area contributed by atoms with E-state index < -0.39 is 5.97 Å². The fourth-order valence-electron chi connectivity index (χ4n) is 1.77. The van der Waals surface area contributed by atoms with E-state index in [1.165, 1.54) is 6.07 Å². The van der Waals surface area contributed by atoms with Gasteiger partial charge in [0.2, 0.25) is 0 Å². The number of hydrogen-bond donors (Lipinski definition) is 3. The number of halogens is 1. The molecule has 20 heavy (non-hydrogen) atoms. The van der Waals surface area contributed by atoms with Gasteiger partial charge in [-0.1, -0.05) is 11.6 Å². The van der Waals surface area contributed by atoms with Crippen molar-refractivity contribution in [3.8, 4) is 5.75 Å². The van der Waals surface area contributed by atoms with Crippen LogP contribution in [0.15, 0.2) is 36.4 Å². The first-order valence-corrected chi connectivity index (χ1v) is 6.12. The van der Waals surface area contributed by atoms with Crippen LogP contribution in [0.1, 0.15) is 10.4 Å². The van der Waals surface area contributed by atoms with Crippen molar-refractivity contribution in [1.29, 1.82) is 0 Å². The van der Waals surface area contributed by atoms with Crippen molar-refractivity contribution in [2.24, 2.45) is 0 Å². The molecule has 0 amide bonds. The molecule has 4 N–H and O–H groups in total. The molecule has 0 spiro atoms. The topological polar surface area (TPSA) is 84.6 Å². The quantitative estimate of drug-likeness (QED) is 0.752. The summed E-state index contributed by atoms with van der Waals surface area (Å²) in [5, 5.41) is 12.6. The molecule has 0 aliphatic rings. The summed E-state index contributed by atoms with van der Waals surface area (Å²) in [6.45, 7) is 0. The highest BCUT2D eigenvalue weighted by Crippen LogP contribution is 2.31. The van der Waals surface area contributed by atoms with Gasteiger partial charge in [-0.15, -0.1) is 0 Å². The summed E-state index contributed by atoms with van der Waals surface area (Å²) < 4.78 is 5.22. The normalized spacial score (nSPS) is 10.1. The van der Waals surface area contributed by atoms with Crippen molar-refractivity contribution in [3.63, 3.8) is 0 Å². The Morgan fingerprint density at radius 3 is 2.65 bits per heavy atom. The van der Waals surface area contributed by atoms with Crippen LogP contribution in [0.25, 0.3) is 0 Å². The van der Waals surface area contributed by atoms with Crippen LogP contribution in [0, 0.1) is 0 Å². The fraction of sp³-hybridized carbons (Fsp3) is 0.0714. The molecule has 0 atom stereocenters. The number of rotatable bonds is 4. The highest BCUT2D eigenvalue weighted by atomic mass is 35.5. The Morgan fingerprint density at radius 1 is 1.30 bits per heavy atom. The van der Waals surface area contributed by atoms with Crippen LogP contribution in [0.4, 0.5) is 17.1 Å². The third-order valence-corrected chi connectivity index (χ3v) is 2.96. The molecule has 0 unspecified atom stereocenters. The van der Waals surface area contributed by atoms with E-state index in [0.717, 1.165) is 0 Å². The van der Waals surface area contributed by atoms with Gasteiger partial charge in [0.25, 0.3) is 0 Å². The van der Waals surface area contributed by atoms with Gasteiger partial charge in [-0.25, -0.2) is 4.79 Å². The molecular weight excluding hydrogens is 280 g/mol. The number of carboxylic acids is 1. The second-order valence-corrected chi connectivity index (χ2v) is 4.51. The molecule has 0 radical (unpaired) electrons. The molecule has 104 valence electrons. The molecule has 0 saturated heterocycles. The molecule has 0 aliphatic carbocycles. The summed E-state index contributed by atoms with van der Waals surface area (Å²) in [5.41, 5.74) is 7.26. The molecule has 0 bridgehead atoms. The molecule has 0 saturated carbocycles. The minimum Gasteiger partial charge on any atom is -0.495 e. The van der Waals surface area contributed by atoms with Crippen LogP contribution in [-0.4, -0.2) is 18.2 Å². The van der Waals surface area contributed by atoms with Crippen molar-refractivity contribution in [2.75, 3.05) is 18.2 Å². The number of hydrogen-bond acceptors (Lipinski definition) is 4. The minimum absolute atomic E-state index is 0.0635. The van der Waals surface area contributed by atoms with Crippen LogP contribution in [0.3, 0.4) is 0 Å². The van der Waals surface area contributed by atoms with Crippen molar-refractivity contribution in [2.45, 2.75) is 0 Å². The number of anilines is 3. The summed E-state index contributed by atoms with van der Waals surface area (Å²) in [6.07, 6.45) is 0. The number of carboxylic acid groups (broad SMARTS) is 1. The monoisotopic (exact) mass is 292 g/mol. The Labute approximate surface area is 120 Å². The maximum absolute atomic E-state index is 10.9. The van der Waals surface area contributed by atoms with Gasteiger partial charge in [0.05, 0.1) is 18.4 Å². The lowest BCUT2D eigenvalue weighted by Gasteiger charge is -2.12. The van der Waals surface area contributed by atoms with Gasteiger partial charge >= 0.3 is 5.97 Å². The predicted molar refractivity (Wildman–Crippen MR) is 79.1 cm³/mol. The lowest BCUT2D eigenvalue weighted by atomic mass is 10.1. The van der Waals surface area contributed by atoms with Gasteiger partial charge in [-0.3, -0.25) is 0 Å². The van der Waals surface area contributed by atoms with E-state index in [9.17, 15) is 4.79 Å².